The topological polar surface area (TPSA) is 75.4 Å². The van der Waals surface area contributed by atoms with Gasteiger partial charge in [0.2, 0.25) is 0 Å². The summed E-state index contributed by atoms with van der Waals surface area (Å²) in [5.74, 6) is 0.228. The van der Waals surface area contributed by atoms with Crippen molar-refractivity contribution in [2.75, 3.05) is 6.54 Å². The molecule has 0 bridgehead atoms. The van der Waals surface area contributed by atoms with Gasteiger partial charge in [0, 0.05) is 12.4 Å². The molecule has 26 heavy (non-hydrogen) atoms. The van der Waals surface area contributed by atoms with E-state index in [-0.39, 0.29) is 12.3 Å². The molecule has 0 spiro atoms. The number of pyridine rings is 1. The molecule has 1 N–H and O–H groups in total. The van der Waals surface area contributed by atoms with Gasteiger partial charge >= 0.3 is 0 Å². The summed E-state index contributed by atoms with van der Waals surface area (Å²) < 4.78 is 0. The highest BCUT2D eigenvalue weighted by Crippen LogP contribution is 2.27. The highest BCUT2D eigenvalue weighted by molar-refractivity contribution is 7.17. The second kappa shape index (κ2) is 7.58. The van der Waals surface area contributed by atoms with E-state index in [1.807, 2.05) is 51.1 Å². The van der Waals surface area contributed by atoms with E-state index in [4.69, 9.17) is 0 Å². The maximum atomic E-state index is 12.5. The minimum atomic E-state index is -0.0642. The van der Waals surface area contributed by atoms with Crippen molar-refractivity contribution in [2.24, 2.45) is 4.99 Å². The second-order valence-electron chi connectivity index (χ2n) is 6.04. The molecule has 0 unspecified atom stereocenters. The Kier molecular flexibility index (Phi) is 5.23. The number of carbonyl (C=O) groups is 1. The van der Waals surface area contributed by atoms with Gasteiger partial charge < -0.3 is 5.11 Å². The summed E-state index contributed by atoms with van der Waals surface area (Å²) in [6.45, 7) is 5.56. The van der Waals surface area contributed by atoms with Crippen LogP contribution in [0.3, 0.4) is 0 Å². The normalized spacial score (nSPS) is 11.2. The number of benzene rings is 1. The number of aliphatic imine (C=N–C) groups is 1. The average molecular weight is 365 g/mol. The zero-order chi connectivity index (χ0) is 18.7. The van der Waals surface area contributed by atoms with E-state index in [0.717, 1.165) is 27.4 Å². The molecule has 6 heteroatoms. The van der Waals surface area contributed by atoms with Crippen molar-refractivity contribution in [3.8, 4) is 16.5 Å². The molecule has 1 aromatic carbocycles. The quantitative estimate of drug-likeness (QED) is 0.545. The standard InChI is InChI=1S/C20H19N3O2S/c1-12-8-15(9-13(2)18(12)25)10-21-11-17(24)19-14(3)23-20(26-19)16-6-4-5-7-22-16/h4-10,25H,11H2,1-3H3. The fraction of sp³-hybridized carbons (Fsp3) is 0.200. The van der Waals surface area contributed by atoms with E-state index >= 15 is 0 Å². The van der Waals surface area contributed by atoms with Crippen molar-refractivity contribution in [1.29, 1.82) is 0 Å². The lowest BCUT2D eigenvalue weighted by Gasteiger charge is -2.04. The van der Waals surface area contributed by atoms with Gasteiger partial charge in [0.05, 0.1) is 16.3 Å². The molecule has 0 amide bonds. The number of aromatic nitrogens is 2. The monoisotopic (exact) mass is 365 g/mol. The molecule has 0 aliphatic rings. The third-order valence-corrected chi connectivity index (χ3v) is 5.14. The molecule has 0 radical (unpaired) electrons. The molecule has 0 fully saturated rings. The molecular weight excluding hydrogens is 346 g/mol. The highest BCUT2D eigenvalue weighted by Gasteiger charge is 2.16. The first-order chi connectivity index (χ1) is 12.5. The van der Waals surface area contributed by atoms with Crippen LogP contribution >= 0.6 is 11.3 Å². The van der Waals surface area contributed by atoms with Crippen molar-refractivity contribution in [3.63, 3.8) is 0 Å². The van der Waals surface area contributed by atoms with Crippen LogP contribution in [0.2, 0.25) is 0 Å². The lowest BCUT2D eigenvalue weighted by atomic mass is 10.1. The van der Waals surface area contributed by atoms with Crippen LogP contribution in [0.4, 0.5) is 0 Å². The Hall–Kier alpha value is -2.86. The Bertz CT molecular complexity index is 955. The van der Waals surface area contributed by atoms with Crippen LogP contribution in [0.25, 0.3) is 10.7 Å². The highest BCUT2D eigenvalue weighted by atomic mass is 32.1. The zero-order valence-electron chi connectivity index (χ0n) is 14.9. The van der Waals surface area contributed by atoms with Crippen LogP contribution in [0.15, 0.2) is 41.5 Å². The number of aryl methyl sites for hydroxylation is 3. The van der Waals surface area contributed by atoms with E-state index in [0.29, 0.717) is 16.3 Å². The van der Waals surface area contributed by atoms with E-state index in [1.54, 1.807) is 12.4 Å². The summed E-state index contributed by atoms with van der Waals surface area (Å²) in [7, 11) is 0. The molecule has 132 valence electrons. The minimum Gasteiger partial charge on any atom is -0.507 e. The smallest absolute Gasteiger partial charge is 0.196 e. The van der Waals surface area contributed by atoms with Crippen LogP contribution in [0, 0.1) is 20.8 Å². The maximum absolute atomic E-state index is 12.5. The molecule has 0 aliphatic carbocycles. The number of carbonyl (C=O) groups excluding carboxylic acids is 1. The van der Waals surface area contributed by atoms with Gasteiger partial charge in [-0.25, -0.2) is 4.98 Å². The van der Waals surface area contributed by atoms with Crippen LogP contribution in [-0.2, 0) is 0 Å². The number of nitrogens with zero attached hydrogens (tertiary/aromatic N) is 3. The number of phenolic OH excluding ortho intramolecular Hbond substituents is 1. The summed E-state index contributed by atoms with van der Waals surface area (Å²) in [4.78, 5) is 26.1. The van der Waals surface area contributed by atoms with Gasteiger partial charge in [0.25, 0.3) is 0 Å². The van der Waals surface area contributed by atoms with Crippen molar-refractivity contribution in [1.82, 2.24) is 9.97 Å². The number of phenols is 1. The fourth-order valence-corrected chi connectivity index (χ4v) is 3.60. The third-order valence-electron chi connectivity index (χ3n) is 3.92. The van der Waals surface area contributed by atoms with Gasteiger partial charge in [0.15, 0.2) is 5.78 Å². The van der Waals surface area contributed by atoms with E-state index in [9.17, 15) is 9.90 Å². The molecule has 5 nitrogen and oxygen atoms in total. The Morgan fingerprint density at radius 1 is 1.23 bits per heavy atom. The van der Waals surface area contributed by atoms with Gasteiger partial charge in [-0.1, -0.05) is 6.07 Å². The van der Waals surface area contributed by atoms with E-state index in [2.05, 4.69) is 15.0 Å². The zero-order valence-corrected chi connectivity index (χ0v) is 15.7. The predicted octanol–water partition coefficient (Wildman–Crippen LogP) is 4.14. The van der Waals surface area contributed by atoms with E-state index < -0.39 is 0 Å². The predicted molar refractivity (Wildman–Crippen MR) is 104 cm³/mol. The minimum absolute atomic E-state index is 0.0592. The molecule has 0 saturated heterocycles. The Labute approximate surface area is 156 Å². The van der Waals surface area contributed by atoms with Gasteiger partial charge in [-0.05, 0) is 61.7 Å². The Morgan fingerprint density at radius 3 is 2.62 bits per heavy atom. The van der Waals surface area contributed by atoms with Crippen molar-refractivity contribution in [2.45, 2.75) is 20.8 Å². The van der Waals surface area contributed by atoms with Crippen LogP contribution < -0.4 is 0 Å². The SMILES string of the molecule is Cc1cc(C=NCC(=O)c2sc(-c3ccccn3)nc2C)cc(C)c1O. The van der Waals surface area contributed by atoms with Crippen molar-refractivity contribution in [3.05, 3.63) is 63.8 Å². The van der Waals surface area contributed by atoms with Crippen molar-refractivity contribution < 1.29 is 9.90 Å². The number of hydrogen-bond donors (Lipinski definition) is 1. The molecule has 0 aliphatic heterocycles. The Balaban J connectivity index is 1.74. The van der Waals surface area contributed by atoms with Crippen molar-refractivity contribution >= 4 is 23.3 Å². The van der Waals surface area contributed by atoms with Gasteiger partial charge in [0.1, 0.15) is 17.3 Å². The first kappa shape index (κ1) is 17.9. The summed E-state index contributed by atoms with van der Waals surface area (Å²) in [5, 5.41) is 10.5. The maximum Gasteiger partial charge on any atom is 0.196 e. The number of Topliss-reactive ketones (excluding diaryl/α,β-unsaturated/α-hetero) is 1. The number of ketones is 1. The number of hydrogen-bond acceptors (Lipinski definition) is 6. The molecule has 3 rings (SSSR count). The molecule has 0 atom stereocenters. The van der Waals surface area contributed by atoms with Crippen LogP contribution in [0.5, 0.6) is 5.75 Å². The number of rotatable bonds is 5. The lowest BCUT2D eigenvalue weighted by Crippen LogP contribution is -2.03. The largest absolute Gasteiger partial charge is 0.507 e. The second-order valence-corrected chi connectivity index (χ2v) is 7.04. The lowest BCUT2D eigenvalue weighted by molar-refractivity contribution is 0.100. The summed E-state index contributed by atoms with van der Waals surface area (Å²) in [6, 6.07) is 9.30. The fourth-order valence-electron chi connectivity index (χ4n) is 2.62. The number of thiazole rings is 1. The third kappa shape index (κ3) is 3.86. The molecule has 0 saturated carbocycles. The summed E-state index contributed by atoms with van der Waals surface area (Å²) in [6.07, 6.45) is 3.37. The molecule has 3 aromatic rings. The molecular formula is C20H19N3O2S. The Morgan fingerprint density at radius 2 is 1.96 bits per heavy atom. The first-order valence-corrected chi connectivity index (χ1v) is 8.99. The average Bonchev–Trinajstić information content (AvgIpc) is 3.02. The van der Waals surface area contributed by atoms with E-state index in [1.165, 1.54) is 11.3 Å². The first-order valence-electron chi connectivity index (χ1n) is 8.18. The molecule has 2 heterocycles. The van der Waals surface area contributed by atoms with Crippen LogP contribution in [0.1, 0.15) is 32.1 Å². The number of aromatic hydroxyl groups is 1. The van der Waals surface area contributed by atoms with Crippen LogP contribution in [-0.4, -0.2) is 33.6 Å². The summed E-state index contributed by atoms with van der Waals surface area (Å²) >= 11 is 1.34. The van der Waals surface area contributed by atoms with Gasteiger partial charge in [-0.3, -0.25) is 14.8 Å². The molecule has 2 aromatic heterocycles. The summed E-state index contributed by atoms with van der Waals surface area (Å²) in [5.41, 5.74) is 3.90. The van der Waals surface area contributed by atoms with Gasteiger partial charge in [-0.15, -0.1) is 11.3 Å². The van der Waals surface area contributed by atoms with Gasteiger partial charge in [-0.2, -0.15) is 0 Å².